The van der Waals surface area contributed by atoms with Crippen LogP contribution in [0.4, 0.5) is 34.1 Å². The van der Waals surface area contributed by atoms with Gasteiger partial charge in [-0.05, 0) is 184 Å². The average molecular weight is 961 g/mol. The molecular formula is C70H81BN2. The Morgan fingerprint density at radius 2 is 0.836 bits per heavy atom. The molecule has 0 saturated carbocycles. The van der Waals surface area contributed by atoms with E-state index in [9.17, 15) is 0 Å². The highest BCUT2D eigenvalue weighted by Gasteiger charge is 2.48. The van der Waals surface area contributed by atoms with Gasteiger partial charge in [0.15, 0.2) is 0 Å². The van der Waals surface area contributed by atoms with E-state index in [0.717, 1.165) is 0 Å². The van der Waals surface area contributed by atoms with Crippen molar-refractivity contribution in [3.63, 3.8) is 0 Å². The highest BCUT2D eigenvalue weighted by molar-refractivity contribution is 7.00. The standard InChI is InChI=1S/C70H81BN2/c1-64(2,3)45-27-31-58(51(37-45)50-26-22-21-25-49(50)44-23-19-18-20-24-44)73-59-32-28-46(65(4,5)6)38-56(59)71-57-42-54-55(70(16,17)36-35-69(54,14)15)43-60(57)72(61-39-47(66(7,8)9)40-62(73)63(61)71)48-29-30-52-53(41-48)68(12,13)34-33-67(52,10)11/h18-32,37-43H,33-36H2,1-17H3. The van der Waals surface area contributed by atoms with Crippen LogP contribution >= 0.6 is 0 Å². The van der Waals surface area contributed by atoms with Crippen LogP contribution in [0.2, 0.25) is 0 Å². The highest BCUT2D eigenvalue weighted by Crippen LogP contribution is 2.54. The first-order chi connectivity index (χ1) is 34.1. The number of hydrogen-bond acceptors (Lipinski definition) is 2. The molecule has 2 heterocycles. The van der Waals surface area contributed by atoms with E-state index in [1.807, 2.05) is 0 Å². The zero-order valence-corrected chi connectivity index (χ0v) is 47.5. The maximum atomic E-state index is 2.74. The van der Waals surface area contributed by atoms with Crippen molar-refractivity contribution in [1.82, 2.24) is 0 Å². The fourth-order valence-electron chi connectivity index (χ4n) is 13.2. The van der Waals surface area contributed by atoms with Crippen molar-refractivity contribution in [2.45, 2.75) is 181 Å². The Labute approximate surface area is 440 Å². The van der Waals surface area contributed by atoms with Crippen molar-refractivity contribution >= 4 is 57.2 Å². The first-order valence-corrected chi connectivity index (χ1v) is 27.6. The van der Waals surface area contributed by atoms with E-state index in [2.05, 4.69) is 261 Å². The molecule has 0 N–H and O–H groups in total. The van der Waals surface area contributed by atoms with Crippen LogP contribution in [0.15, 0.2) is 133 Å². The average Bonchev–Trinajstić information content (AvgIpc) is 3.33. The molecule has 0 aromatic heterocycles. The molecule has 3 heteroatoms. The maximum absolute atomic E-state index is 2.74. The lowest BCUT2D eigenvalue weighted by molar-refractivity contribution is 0.332. The van der Waals surface area contributed by atoms with E-state index < -0.39 is 0 Å². The van der Waals surface area contributed by atoms with Crippen LogP contribution in [-0.4, -0.2) is 6.71 Å². The highest BCUT2D eigenvalue weighted by atomic mass is 15.2. The monoisotopic (exact) mass is 961 g/mol. The smallest absolute Gasteiger partial charge is 0.252 e. The molecule has 11 rings (SSSR count). The van der Waals surface area contributed by atoms with Gasteiger partial charge in [0, 0.05) is 34.0 Å². The van der Waals surface area contributed by atoms with E-state index in [1.165, 1.54) is 137 Å². The SMILES string of the molecule is CC(C)(C)c1ccc2c(c1)B1c3cc4c(cc3N(c3ccc5c(c3)C(C)(C)CCC5(C)C)c3cc(C(C)(C)C)cc(c31)N2c1ccc(C(C)(C)C)cc1-c1ccccc1-c1ccccc1)C(C)(C)CCC4(C)C. The Hall–Kier alpha value is -5.80. The summed E-state index contributed by atoms with van der Waals surface area (Å²) >= 11 is 0. The summed E-state index contributed by atoms with van der Waals surface area (Å²) in [5, 5.41) is 0. The summed E-state index contributed by atoms with van der Waals surface area (Å²) < 4.78 is 0. The molecule has 374 valence electrons. The molecule has 73 heavy (non-hydrogen) atoms. The number of nitrogens with zero attached hydrogens (tertiary/aromatic N) is 2. The molecular weight excluding hydrogens is 880 g/mol. The van der Waals surface area contributed by atoms with Crippen molar-refractivity contribution in [1.29, 1.82) is 0 Å². The molecule has 0 fully saturated rings. The normalized spacial score (nSPS) is 18.1. The fourth-order valence-corrected chi connectivity index (χ4v) is 13.2. The third kappa shape index (κ3) is 8.04. The van der Waals surface area contributed by atoms with Gasteiger partial charge in [-0.3, -0.25) is 0 Å². The van der Waals surface area contributed by atoms with Gasteiger partial charge in [0.05, 0.1) is 5.69 Å². The number of rotatable bonds is 4. The second-order valence-electron chi connectivity index (χ2n) is 28.4. The van der Waals surface area contributed by atoms with Crippen LogP contribution in [0.3, 0.4) is 0 Å². The molecule has 0 amide bonds. The number of benzene rings is 7. The fraction of sp³-hybridized carbons (Fsp3) is 0.400. The summed E-state index contributed by atoms with van der Waals surface area (Å²) in [6.45, 7) is 41.3. The van der Waals surface area contributed by atoms with Crippen molar-refractivity contribution in [3.8, 4) is 22.3 Å². The molecule has 7 aromatic carbocycles. The zero-order chi connectivity index (χ0) is 52.2. The molecule has 7 aromatic rings. The molecule has 0 saturated heterocycles. The largest absolute Gasteiger partial charge is 0.311 e. The minimum Gasteiger partial charge on any atom is -0.311 e. The van der Waals surface area contributed by atoms with Gasteiger partial charge >= 0.3 is 0 Å². The molecule has 0 bridgehead atoms. The van der Waals surface area contributed by atoms with Crippen molar-refractivity contribution in [3.05, 3.63) is 172 Å². The molecule has 0 unspecified atom stereocenters. The predicted molar refractivity (Wildman–Crippen MR) is 318 cm³/mol. The van der Waals surface area contributed by atoms with Gasteiger partial charge in [-0.2, -0.15) is 0 Å². The van der Waals surface area contributed by atoms with E-state index in [-0.39, 0.29) is 44.6 Å². The van der Waals surface area contributed by atoms with Crippen LogP contribution in [0.25, 0.3) is 22.3 Å². The first-order valence-electron chi connectivity index (χ1n) is 27.6. The first kappa shape index (κ1) is 49.4. The third-order valence-electron chi connectivity index (χ3n) is 18.3. The van der Waals surface area contributed by atoms with E-state index in [4.69, 9.17) is 0 Å². The summed E-state index contributed by atoms with van der Waals surface area (Å²) in [5.41, 5.74) is 26.8. The number of fused-ring (bicyclic) bond motifs is 6. The van der Waals surface area contributed by atoms with Gasteiger partial charge < -0.3 is 9.80 Å². The molecule has 0 radical (unpaired) electrons. The minimum absolute atomic E-state index is 0.00635. The summed E-state index contributed by atoms with van der Waals surface area (Å²) in [7, 11) is 0. The topological polar surface area (TPSA) is 6.48 Å². The summed E-state index contributed by atoms with van der Waals surface area (Å²) in [6.07, 6.45) is 4.71. The summed E-state index contributed by atoms with van der Waals surface area (Å²) in [4.78, 5) is 5.43. The second kappa shape index (κ2) is 16.4. The zero-order valence-electron chi connectivity index (χ0n) is 47.5. The van der Waals surface area contributed by atoms with E-state index in [0.29, 0.717) is 0 Å². The molecule has 4 aliphatic rings. The van der Waals surface area contributed by atoms with Crippen molar-refractivity contribution < 1.29 is 0 Å². The molecule has 0 spiro atoms. The van der Waals surface area contributed by atoms with E-state index >= 15 is 0 Å². The lowest BCUT2D eigenvalue weighted by atomic mass is 9.32. The Bertz CT molecular complexity index is 3360. The summed E-state index contributed by atoms with van der Waals surface area (Å²) in [6, 6.07) is 53.2. The molecule has 2 nitrogen and oxygen atoms in total. The van der Waals surface area contributed by atoms with Crippen LogP contribution in [0.1, 0.15) is 182 Å². The summed E-state index contributed by atoms with van der Waals surface area (Å²) in [5.74, 6) is 0. The van der Waals surface area contributed by atoms with Crippen LogP contribution in [0, 0.1) is 0 Å². The Kier molecular flexibility index (Phi) is 11.1. The maximum Gasteiger partial charge on any atom is 0.252 e. The lowest BCUT2D eigenvalue weighted by Crippen LogP contribution is -2.62. The van der Waals surface area contributed by atoms with Crippen molar-refractivity contribution in [2.24, 2.45) is 0 Å². The van der Waals surface area contributed by atoms with Gasteiger partial charge in [-0.25, -0.2) is 0 Å². The van der Waals surface area contributed by atoms with Crippen LogP contribution in [0.5, 0.6) is 0 Å². The van der Waals surface area contributed by atoms with Gasteiger partial charge in [0.1, 0.15) is 0 Å². The van der Waals surface area contributed by atoms with Crippen LogP contribution in [-0.2, 0) is 37.9 Å². The van der Waals surface area contributed by atoms with Crippen LogP contribution < -0.4 is 26.2 Å². The number of anilines is 6. The van der Waals surface area contributed by atoms with E-state index in [1.54, 1.807) is 0 Å². The van der Waals surface area contributed by atoms with Gasteiger partial charge in [0.25, 0.3) is 6.71 Å². The molecule has 2 aliphatic carbocycles. The Morgan fingerprint density at radius 3 is 1.42 bits per heavy atom. The van der Waals surface area contributed by atoms with Gasteiger partial charge in [0.2, 0.25) is 0 Å². The minimum atomic E-state index is -0.141. The number of hydrogen-bond donors (Lipinski definition) is 0. The predicted octanol–water partition coefficient (Wildman–Crippen LogP) is 17.7. The lowest BCUT2D eigenvalue weighted by Gasteiger charge is -2.48. The Balaban J connectivity index is 1.30. The van der Waals surface area contributed by atoms with Crippen molar-refractivity contribution in [2.75, 3.05) is 9.80 Å². The Morgan fingerprint density at radius 1 is 0.356 bits per heavy atom. The molecule has 2 aliphatic heterocycles. The quantitative estimate of drug-likeness (QED) is 0.162. The third-order valence-corrected chi connectivity index (χ3v) is 18.3. The van der Waals surface area contributed by atoms with Gasteiger partial charge in [-0.1, -0.05) is 203 Å². The van der Waals surface area contributed by atoms with Gasteiger partial charge in [-0.15, -0.1) is 0 Å². The molecule has 0 atom stereocenters. The second-order valence-corrected chi connectivity index (χ2v) is 28.4.